The van der Waals surface area contributed by atoms with Crippen molar-refractivity contribution in [1.29, 1.82) is 0 Å². The first-order valence-corrected chi connectivity index (χ1v) is 7.93. The van der Waals surface area contributed by atoms with Gasteiger partial charge in [0, 0.05) is 37.0 Å². The van der Waals surface area contributed by atoms with Gasteiger partial charge < -0.3 is 15.5 Å². The maximum Gasteiger partial charge on any atom is 0.264 e. The van der Waals surface area contributed by atoms with Crippen molar-refractivity contribution in [2.24, 2.45) is 5.16 Å². The molecule has 0 bridgehead atoms. The number of nitrogens with zero attached hydrogens (tertiary/aromatic N) is 1. The lowest BCUT2D eigenvalue weighted by molar-refractivity contribution is -0.131. The molecule has 2 rings (SSSR count). The van der Waals surface area contributed by atoms with Crippen molar-refractivity contribution in [1.82, 2.24) is 10.6 Å². The highest BCUT2D eigenvalue weighted by atomic mass is 35.5. The molecule has 2 N–H and O–H groups in total. The van der Waals surface area contributed by atoms with Crippen LogP contribution in [0.25, 0.3) is 0 Å². The predicted octanol–water partition coefficient (Wildman–Crippen LogP) is 2.13. The van der Waals surface area contributed by atoms with E-state index in [0.29, 0.717) is 47.3 Å². The van der Waals surface area contributed by atoms with E-state index in [1.165, 1.54) is 6.92 Å². The zero-order valence-corrected chi connectivity index (χ0v) is 14.1. The molecule has 2 amide bonds. The van der Waals surface area contributed by atoms with E-state index in [-0.39, 0.29) is 11.8 Å². The SMILES string of the molecule is CC(=O)NCCCNC(=O)[C@@H]1CC(c2ccc(Cl)cc2Cl)=NO1. The summed E-state index contributed by atoms with van der Waals surface area (Å²) in [5, 5.41) is 10.4. The van der Waals surface area contributed by atoms with Crippen LogP contribution < -0.4 is 10.6 Å². The molecule has 0 aliphatic carbocycles. The fraction of sp³-hybridized carbons (Fsp3) is 0.400. The van der Waals surface area contributed by atoms with Crippen molar-refractivity contribution in [2.45, 2.75) is 25.9 Å². The number of carbonyl (C=O) groups is 2. The molecule has 1 aliphatic rings. The molecule has 0 spiro atoms. The van der Waals surface area contributed by atoms with Crippen LogP contribution in [0.1, 0.15) is 25.3 Å². The molecule has 1 aromatic carbocycles. The second kappa shape index (κ2) is 8.17. The van der Waals surface area contributed by atoms with Crippen LogP contribution in [0.2, 0.25) is 10.0 Å². The molecule has 0 radical (unpaired) electrons. The highest BCUT2D eigenvalue weighted by Gasteiger charge is 2.29. The van der Waals surface area contributed by atoms with E-state index in [1.807, 2.05) is 0 Å². The first-order valence-electron chi connectivity index (χ1n) is 7.17. The summed E-state index contributed by atoms with van der Waals surface area (Å²) in [6, 6.07) is 5.08. The minimum absolute atomic E-state index is 0.0895. The molecule has 0 saturated carbocycles. The molecule has 124 valence electrons. The number of benzene rings is 1. The highest BCUT2D eigenvalue weighted by Crippen LogP contribution is 2.25. The Morgan fingerprint density at radius 1 is 1.30 bits per heavy atom. The molecule has 8 heteroatoms. The summed E-state index contributed by atoms with van der Waals surface area (Å²) < 4.78 is 0. The first-order chi connectivity index (χ1) is 11.0. The van der Waals surface area contributed by atoms with E-state index in [0.717, 1.165) is 0 Å². The number of rotatable bonds is 6. The molecule has 1 heterocycles. The quantitative estimate of drug-likeness (QED) is 0.765. The molecule has 1 atom stereocenters. The van der Waals surface area contributed by atoms with Gasteiger partial charge in [0.1, 0.15) is 0 Å². The summed E-state index contributed by atoms with van der Waals surface area (Å²) in [6.07, 6.45) is 0.325. The number of oxime groups is 1. The van der Waals surface area contributed by atoms with Gasteiger partial charge in [0.25, 0.3) is 5.91 Å². The maximum atomic E-state index is 12.0. The lowest BCUT2D eigenvalue weighted by Gasteiger charge is -2.09. The van der Waals surface area contributed by atoms with Gasteiger partial charge in [-0.05, 0) is 18.6 Å². The first kappa shape index (κ1) is 17.6. The number of hydrogen-bond donors (Lipinski definition) is 2. The third-order valence-electron chi connectivity index (χ3n) is 3.23. The predicted molar refractivity (Wildman–Crippen MR) is 88.8 cm³/mol. The van der Waals surface area contributed by atoms with Crippen molar-refractivity contribution in [2.75, 3.05) is 13.1 Å². The summed E-state index contributed by atoms with van der Waals surface area (Å²) in [6.45, 7) is 2.42. The molecule has 0 aromatic heterocycles. The fourth-order valence-electron chi connectivity index (χ4n) is 2.08. The molecule has 1 aliphatic heterocycles. The number of halogens is 2. The Hall–Kier alpha value is -1.79. The average Bonchev–Trinajstić information content (AvgIpc) is 2.96. The lowest BCUT2D eigenvalue weighted by atomic mass is 10.0. The second-order valence-corrected chi connectivity index (χ2v) is 5.93. The third kappa shape index (κ3) is 5.11. The summed E-state index contributed by atoms with van der Waals surface area (Å²) in [4.78, 5) is 27.9. The standard InChI is InChI=1S/C15H17Cl2N3O3/c1-9(21)18-5-2-6-19-15(22)14-8-13(20-23-14)11-4-3-10(16)7-12(11)17/h3-4,7,14H,2,5-6,8H2,1H3,(H,18,21)(H,19,22)/t14-/m0/s1. The normalized spacial score (nSPS) is 16.5. The molecule has 6 nitrogen and oxygen atoms in total. The van der Waals surface area contributed by atoms with Crippen LogP contribution in [-0.4, -0.2) is 36.7 Å². The van der Waals surface area contributed by atoms with Gasteiger partial charge in [-0.2, -0.15) is 0 Å². The van der Waals surface area contributed by atoms with E-state index in [9.17, 15) is 9.59 Å². The monoisotopic (exact) mass is 357 g/mol. The van der Waals surface area contributed by atoms with Crippen LogP contribution in [0.4, 0.5) is 0 Å². The molecule has 0 fully saturated rings. The number of hydrogen-bond acceptors (Lipinski definition) is 4. The molecule has 1 aromatic rings. The van der Waals surface area contributed by atoms with E-state index in [2.05, 4.69) is 15.8 Å². The molecule has 23 heavy (non-hydrogen) atoms. The Balaban J connectivity index is 1.79. The molecule has 0 unspecified atom stereocenters. The third-order valence-corrected chi connectivity index (χ3v) is 3.78. The van der Waals surface area contributed by atoms with E-state index >= 15 is 0 Å². The number of amides is 2. The van der Waals surface area contributed by atoms with Crippen molar-refractivity contribution in [3.63, 3.8) is 0 Å². The average molecular weight is 358 g/mol. The summed E-state index contributed by atoms with van der Waals surface area (Å²) >= 11 is 12.0. The van der Waals surface area contributed by atoms with Gasteiger partial charge in [0.15, 0.2) is 0 Å². The van der Waals surface area contributed by atoms with Crippen molar-refractivity contribution >= 4 is 40.7 Å². The van der Waals surface area contributed by atoms with Gasteiger partial charge in [-0.3, -0.25) is 9.59 Å². The fourth-order valence-corrected chi connectivity index (χ4v) is 2.60. The van der Waals surface area contributed by atoms with Crippen molar-refractivity contribution < 1.29 is 14.4 Å². The van der Waals surface area contributed by atoms with Gasteiger partial charge in [-0.1, -0.05) is 34.4 Å². The Morgan fingerprint density at radius 3 is 2.74 bits per heavy atom. The Morgan fingerprint density at radius 2 is 2.04 bits per heavy atom. The van der Waals surface area contributed by atoms with Crippen LogP contribution >= 0.6 is 23.2 Å². The zero-order chi connectivity index (χ0) is 16.8. The van der Waals surface area contributed by atoms with Crippen LogP contribution in [-0.2, 0) is 14.4 Å². The van der Waals surface area contributed by atoms with Crippen LogP contribution in [0.5, 0.6) is 0 Å². The molecular formula is C15H17Cl2N3O3. The summed E-state index contributed by atoms with van der Waals surface area (Å²) in [7, 11) is 0. The lowest BCUT2D eigenvalue weighted by Crippen LogP contribution is -2.36. The van der Waals surface area contributed by atoms with Crippen molar-refractivity contribution in [3.05, 3.63) is 33.8 Å². The number of carbonyl (C=O) groups excluding carboxylic acids is 2. The van der Waals surface area contributed by atoms with Gasteiger partial charge in [-0.25, -0.2) is 0 Å². The smallest absolute Gasteiger partial charge is 0.264 e. The van der Waals surface area contributed by atoms with Gasteiger partial charge in [-0.15, -0.1) is 0 Å². The largest absolute Gasteiger partial charge is 0.382 e. The van der Waals surface area contributed by atoms with Gasteiger partial charge >= 0.3 is 0 Å². The Bertz CT molecular complexity index is 634. The van der Waals surface area contributed by atoms with E-state index in [1.54, 1.807) is 18.2 Å². The van der Waals surface area contributed by atoms with Gasteiger partial charge in [0.05, 0.1) is 10.7 Å². The zero-order valence-electron chi connectivity index (χ0n) is 12.6. The van der Waals surface area contributed by atoms with Gasteiger partial charge in [0.2, 0.25) is 12.0 Å². The minimum Gasteiger partial charge on any atom is -0.382 e. The van der Waals surface area contributed by atoms with Crippen LogP contribution in [0, 0.1) is 0 Å². The highest BCUT2D eigenvalue weighted by molar-refractivity contribution is 6.37. The Kier molecular flexibility index (Phi) is 6.24. The number of nitrogens with one attached hydrogen (secondary N) is 2. The molecule has 0 saturated heterocycles. The van der Waals surface area contributed by atoms with Crippen molar-refractivity contribution in [3.8, 4) is 0 Å². The summed E-state index contributed by atoms with van der Waals surface area (Å²) in [5.74, 6) is -0.329. The molecular weight excluding hydrogens is 341 g/mol. The summed E-state index contributed by atoms with van der Waals surface area (Å²) in [5.41, 5.74) is 1.32. The maximum absolute atomic E-state index is 12.0. The van der Waals surface area contributed by atoms with E-state index in [4.69, 9.17) is 28.0 Å². The topological polar surface area (TPSA) is 79.8 Å². The minimum atomic E-state index is -0.669. The van der Waals surface area contributed by atoms with E-state index < -0.39 is 6.10 Å². The van der Waals surface area contributed by atoms with Crippen LogP contribution in [0.15, 0.2) is 23.4 Å². The van der Waals surface area contributed by atoms with Crippen LogP contribution in [0.3, 0.4) is 0 Å². The Labute approximate surface area is 144 Å². The second-order valence-electron chi connectivity index (χ2n) is 5.09.